The van der Waals surface area contributed by atoms with Gasteiger partial charge in [-0.1, -0.05) is 42.0 Å². The van der Waals surface area contributed by atoms with Gasteiger partial charge >= 0.3 is 0 Å². The first-order valence-corrected chi connectivity index (χ1v) is 18.3. The Morgan fingerprint density at radius 1 is 1.23 bits per heavy atom. The van der Waals surface area contributed by atoms with Gasteiger partial charge < -0.3 is 14.7 Å². The molecule has 2 aliphatic carbocycles. The van der Waals surface area contributed by atoms with Crippen LogP contribution in [0.4, 0.5) is 5.69 Å². The first kappa shape index (κ1) is 34.7. The molecule has 3 aliphatic rings. The van der Waals surface area contributed by atoms with E-state index in [4.69, 9.17) is 16.3 Å². The van der Waals surface area contributed by atoms with E-state index in [1.54, 1.807) is 30.4 Å². The molecule has 8 nitrogen and oxygen atoms in total. The highest BCUT2D eigenvalue weighted by Crippen LogP contribution is 2.46. The maximum absolute atomic E-state index is 13.5. The lowest BCUT2D eigenvalue weighted by atomic mass is 9.68. The van der Waals surface area contributed by atoms with Gasteiger partial charge in [-0.25, -0.2) is 13.1 Å². The van der Waals surface area contributed by atoms with Crippen molar-refractivity contribution in [2.45, 2.75) is 74.6 Å². The van der Waals surface area contributed by atoms with Crippen LogP contribution >= 0.6 is 11.6 Å². The van der Waals surface area contributed by atoms with Gasteiger partial charge in [0.15, 0.2) is 0 Å². The summed E-state index contributed by atoms with van der Waals surface area (Å²) in [5, 5.41) is 19.9. The summed E-state index contributed by atoms with van der Waals surface area (Å²) in [5.41, 5.74) is 3.02. The predicted molar refractivity (Wildman–Crippen MR) is 186 cm³/mol. The molecular weight excluding hydrogens is 634 g/mol. The number of anilines is 1. The van der Waals surface area contributed by atoms with Crippen LogP contribution in [0, 0.1) is 23.2 Å². The van der Waals surface area contributed by atoms with Crippen LogP contribution in [0.5, 0.6) is 5.75 Å². The Balaban J connectivity index is 1.47. The smallest absolute Gasteiger partial charge is 0.264 e. The molecule has 1 aliphatic heterocycles. The number of aliphatic hydroxyl groups excluding tert-OH is 1. The predicted octanol–water partition coefficient (Wildman–Crippen LogP) is 6.64. The Morgan fingerprint density at radius 2 is 2.06 bits per heavy atom. The third-order valence-corrected chi connectivity index (χ3v) is 12.0. The molecule has 2 aromatic carbocycles. The number of nitrogens with zero attached hydrogens (tertiary/aromatic N) is 2. The van der Waals surface area contributed by atoms with Gasteiger partial charge in [0.1, 0.15) is 5.75 Å². The molecule has 1 amide bonds. The van der Waals surface area contributed by atoms with Crippen LogP contribution in [0.15, 0.2) is 73.9 Å². The second-order valence-corrected chi connectivity index (χ2v) is 15.5. The number of nitriles is 1. The van der Waals surface area contributed by atoms with E-state index in [2.05, 4.69) is 28.8 Å². The Hall–Kier alpha value is -3.58. The minimum absolute atomic E-state index is 0.0985. The third kappa shape index (κ3) is 7.77. The second-order valence-electron chi connectivity index (χ2n) is 13.1. The van der Waals surface area contributed by atoms with Gasteiger partial charge in [-0.2, -0.15) is 5.26 Å². The highest BCUT2D eigenvalue weighted by Gasteiger charge is 2.44. The van der Waals surface area contributed by atoms with Gasteiger partial charge in [0, 0.05) is 29.1 Å². The number of carbonyl (C=O) groups is 1. The average Bonchev–Trinajstić information content (AvgIpc) is 3.18. The summed E-state index contributed by atoms with van der Waals surface area (Å²) < 4.78 is 35.1. The minimum atomic E-state index is -4.11. The Morgan fingerprint density at radius 3 is 2.79 bits per heavy atom. The highest BCUT2D eigenvalue weighted by atomic mass is 35.5. The molecule has 2 N–H and O–H groups in total. The summed E-state index contributed by atoms with van der Waals surface area (Å²) in [5.74, 6) is 0.179. The lowest BCUT2D eigenvalue weighted by Gasteiger charge is -2.45. The van der Waals surface area contributed by atoms with Crippen LogP contribution in [-0.2, 0) is 21.9 Å². The molecule has 0 saturated heterocycles. The fourth-order valence-electron chi connectivity index (χ4n) is 7.31. The van der Waals surface area contributed by atoms with Gasteiger partial charge in [-0.15, -0.1) is 13.2 Å². The van der Waals surface area contributed by atoms with Crippen molar-refractivity contribution >= 4 is 33.2 Å². The monoisotopic (exact) mass is 677 g/mol. The molecule has 5 rings (SSSR count). The van der Waals surface area contributed by atoms with Crippen molar-refractivity contribution in [1.29, 1.82) is 5.26 Å². The SMILES string of the molecule is C=CC/C=C/C(O)[C@@H]1CC[C@H]1CN1C[C@@]2(CCCc3cc(Cl)ccc32)COc2ccc(C(=O)NS(=O)(=O)C(CC#N)CCC=C)cc21. The van der Waals surface area contributed by atoms with E-state index in [-0.39, 0.29) is 35.7 Å². The molecule has 0 radical (unpaired) electrons. The lowest BCUT2D eigenvalue weighted by Crippen LogP contribution is -2.49. The summed E-state index contributed by atoms with van der Waals surface area (Å²) in [6.45, 7) is 9.12. The number of hydrogen-bond donors (Lipinski definition) is 2. The molecule has 2 unspecified atom stereocenters. The zero-order valence-corrected chi connectivity index (χ0v) is 28.3. The van der Waals surface area contributed by atoms with Crippen LogP contribution in [-0.4, -0.2) is 50.5 Å². The van der Waals surface area contributed by atoms with Crippen LogP contribution in [0.1, 0.15) is 72.9 Å². The molecule has 2 aromatic rings. The first-order chi connectivity index (χ1) is 22.6. The number of amides is 1. The molecule has 1 heterocycles. The van der Waals surface area contributed by atoms with E-state index in [1.165, 1.54) is 11.1 Å². The van der Waals surface area contributed by atoms with E-state index in [9.17, 15) is 23.6 Å². The molecule has 0 bridgehead atoms. The standard InChI is InChI=1S/C37H44ClN3O5S/c1-3-5-7-11-34(42)31-15-12-28(31)23-41-24-37(19-8-9-26-21-29(38)14-16-32(26)37)25-46-35-17-13-27(22-33(35)41)36(43)40-47(44,45)30(18-20-39)10-6-4-2/h3-4,7,11,13-14,16-17,21-22,28,30-31,34,42H,1-2,5-6,8-10,12,15,18-19,23-25H2,(H,40,43)/b11-7+/t28-,30?,31+,34?,37-/m0/s1. The van der Waals surface area contributed by atoms with Crippen molar-refractivity contribution in [1.82, 2.24) is 4.72 Å². The molecule has 10 heteroatoms. The van der Waals surface area contributed by atoms with E-state index in [1.807, 2.05) is 30.4 Å². The normalized spacial score (nSPS) is 23.3. The fourth-order valence-corrected chi connectivity index (χ4v) is 8.79. The summed E-state index contributed by atoms with van der Waals surface area (Å²) in [4.78, 5) is 15.7. The van der Waals surface area contributed by atoms with Crippen molar-refractivity contribution in [2.75, 3.05) is 24.6 Å². The largest absolute Gasteiger partial charge is 0.490 e. The highest BCUT2D eigenvalue weighted by molar-refractivity contribution is 7.90. The Labute approximate surface area is 283 Å². The van der Waals surface area contributed by atoms with Crippen LogP contribution in [0.3, 0.4) is 0 Å². The maximum Gasteiger partial charge on any atom is 0.264 e. The van der Waals surface area contributed by atoms with E-state index in [0.29, 0.717) is 43.3 Å². The van der Waals surface area contributed by atoms with E-state index in [0.717, 1.165) is 37.8 Å². The quantitative estimate of drug-likeness (QED) is 0.228. The Bertz CT molecular complexity index is 1670. The number of nitrogens with one attached hydrogen (secondary N) is 1. The number of aryl methyl sites for hydroxylation is 1. The number of sulfonamides is 1. The number of ether oxygens (including phenoxy) is 1. The summed E-state index contributed by atoms with van der Waals surface area (Å²) in [6, 6.07) is 13.0. The number of halogens is 1. The molecule has 250 valence electrons. The number of hydrogen-bond acceptors (Lipinski definition) is 7. The summed E-state index contributed by atoms with van der Waals surface area (Å²) in [7, 11) is -4.11. The van der Waals surface area contributed by atoms with Crippen LogP contribution < -0.4 is 14.4 Å². The average molecular weight is 678 g/mol. The topological polar surface area (TPSA) is 120 Å². The zero-order chi connectivity index (χ0) is 33.6. The lowest BCUT2D eigenvalue weighted by molar-refractivity contribution is 0.0456. The molecule has 1 saturated carbocycles. The van der Waals surface area contributed by atoms with Gasteiger partial charge in [0.25, 0.3) is 5.91 Å². The Kier molecular flexibility index (Phi) is 11.2. The number of fused-ring (bicyclic) bond motifs is 3. The number of rotatable bonds is 13. The van der Waals surface area contributed by atoms with Crippen molar-refractivity contribution in [3.05, 3.63) is 95.6 Å². The van der Waals surface area contributed by atoms with Crippen LogP contribution in [0.25, 0.3) is 0 Å². The molecule has 5 atom stereocenters. The number of benzene rings is 2. The zero-order valence-electron chi connectivity index (χ0n) is 26.7. The van der Waals surface area contributed by atoms with Gasteiger partial charge in [0.2, 0.25) is 10.0 Å². The van der Waals surface area contributed by atoms with Gasteiger partial charge in [0.05, 0.1) is 36.1 Å². The van der Waals surface area contributed by atoms with Gasteiger partial charge in [-0.05, 0) is 105 Å². The summed E-state index contributed by atoms with van der Waals surface area (Å²) >= 11 is 6.40. The van der Waals surface area contributed by atoms with Crippen LogP contribution in [0.2, 0.25) is 5.02 Å². The first-order valence-electron chi connectivity index (χ1n) is 16.4. The molecular formula is C37H44ClN3O5S. The third-order valence-electron chi connectivity index (χ3n) is 9.99. The maximum atomic E-state index is 13.5. The fraction of sp³-hybridized carbons (Fsp3) is 0.459. The number of allylic oxidation sites excluding steroid dienone is 3. The summed E-state index contributed by atoms with van der Waals surface area (Å²) in [6.07, 6.45) is 12.4. The molecule has 47 heavy (non-hydrogen) atoms. The van der Waals surface area contributed by atoms with Crippen molar-refractivity contribution in [3.8, 4) is 11.8 Å². The number of carbonyl (C=O) groups excluding carboxylic acids is 1. The van der Waals surface area contributed by atoms with Crippen molar-refractivity contribution < 1.29 is 23.1 Å². The minimum Gasteiger partial charge on any atom is -0.490 e. The molecule has 1 fully saturated rings. The van der Waals surface area contributed by atoms with Crippen molar-refractivity contribution in [2.24, 2.45) is 11.8 Å². The molecule has 0 aromatic heterocycles. The van der Waals surface area contributed by atoms with Gasteiger partial charge in [-0.3, -0.25) is 4.79 Å². The van der Waals surface area contributed by atoms with E-state index < -0.39 is 27.3 Å². The number of aliphatic hydroxyl groups is 1. The van der Waals surface area contributed by atoms with E-state index >= 15 is 0 Å². The van der Waals surface area contributed by atoms with Crippen molar-refractivity contribution in [3.63, 3.8) is 0 Å². The molecule has 1 spiro atoms. The second kappa shape index (κ2) is 15.1.